The van der Waals surface area contributed by atoms with E-state index in [2.05, 4.69) is 30.3 Å². The van der Waals surface area contributed by atoms with Crippen LogP contribution in [0.5, 0.6) is 0 Å². The zero-order valence-corrected chi connectivity index (χ0v) is 12.0. The second kappa shape index (κ2) is 6.04. The Morgan fingerprint density at radius 2 is 2.26 bits per heavy atom. The number of hydrogen-bond donors (Lipinski definition) is 1. The molecule has 0 radical (unpaired) electrons. The number of hydrogen-bond acceptors (Lipinski definition) is 3. The highest BCUT2D eigenvalue weighted by Gasteiger charge is 2.16. The molecule has 1 saturated heterocycles. The highest BCUT2D eigenvalue weighted by atomic mass is 32.1. The van der Waals surface area contributed by atoms with E-state index in [0.29, 0.717) is 6.10 Å². The molecule has 0 saturated carbocycles. The van der Waals surface area contributed by atoms with Crippen molar-refractivity contribution in [3.05, 3.63) is 35.2 Å². The van der Waals surface area contributed by atoms with Gasteiger partial charge in [0.1, 0.15) is 0 Å². The molecule has 1 aliphatic heterocycles. The number of fused-ring (bicyclic) bond motifs is 1. The van der Waals surface area contributed by atoms with E-state index in [-0.39, 0.29) is 6.04 Å². The van der Waals surface area contributed by atoms with Crippen LogP contribution in [0.25, 0.3) is 10.1 Å². The third-order valence-electron chi connectivity index (χ3n) is 3.88. The van der Waals surface area contributed by atoms with E-state index in [4.69, 9.17) is 10.5 Å². The Hall–Kier alpha value is -0.900. The normalized spacial score (nSPS) is 21.0. The van der Waals surface area contributed by atoms with Crippen LogP contribution in [-0.4, -0.2) is 12.7 Å². The third-order valence-corrected chi connectivity index (χ3v) is 5.12. The molecule has 2 unspecified atom stereocenters. The van der Waals surface area contributed by atoms with Gasteiger partial charge in [0.2, 0.25) is 0 Å². The molecule has 2 atom stereocenters. The molecule has 0 aliphatic carbocycles. The highest BCUT2D eigenvalue weighted by Crippen LogP contribution is 2.31. The Morgan fingerprint density at radius 3 is 3.05 bits per heavy atom. The van der Waals surface area contributed by atoms with E-state index >= 15 is 0 Å². The van der Waals surface area contributed by atoms with Crippen LogP contribution < -0.4 is 5.73 Å². The standard InChI is InChI=1S/C16H21NOS/c17-14(8-3-6-13-7-4-10-18-13)16-11-12-5-1-2-9-15(12)19-16/h1-2,5,9,11,13-14H,3-4,6-8,10,17H2. The molecule has 0 bridgehead atoms. The van der Waals surface area contributed by atoms with E-state index < -0.39 is 0 Å². The van der Waals surface area contributed by atoms with Crippen molar-refractivity contribution in [3.63, 3.8) is 0 Å². The minimum Gasteiger partial charge on any atom is -0.378 e. The van der Waals surface area contributed by atoms with Gasteiger partial charge in [-0.3, -0.25) is 0 Å². The summed E-state index contributed by atoms with van der Waals surface area (Å²) in [6, 6.07) is 10.9. The third kappa shape index (κ3) is 3.16. The quantitative estimate of drug-likeness (QED) is 0.885. The van der Waals surface area contributed by atoms with E-state index in [1.807, 2.05) is 11.3 Å². The Bertz CT molecular complexity index is 497. The van der Waals surface area contributed by atoms with Gasteiger partial charge in [0.25, 0.3) is 0 Å². The summed E-state index contributed by atoms with van der Waals surface area (Å²) in [5.41, 5.74) is 6.31. The second-order valence-corrected chi connectivity index (χ2v) is 6.47. The number of thiophene rings is 1. The lowest BCUT2D eigenvalue weighted by atomic mass is 10.0. The van der Waals surface area contributed by atoms with Crippen LogP contribution >= 0.6 is 11.3 Å². The van der Waals surface area contributed by atoms with E-state index in [1.165, 1.54) is 40.6 Å². The van der Waals surface area contributed by atoms with E-state index in [0.717, 1.165) is 13.0 Å². The van der Waals surface area contributed by atoms with Crippen LogP contribution in [0, 0.1) is 0 Å². The van der Waals surface area contributed by atoms with Gasteiger partial charge in [0.15, 0.2) is 0 Å². The first-order valence-corrected chi connectivity index (χ1v) is 8.00. The van der Waals surface area contributed by atoms with Crippen LogP contribution in [-0.2, 0) is 4.74 Å². The molecule has 1 fully saturated rings. The number of rotatable bonds is 5. The first-order valence-electron chi connectivity index (χ1n) is 7.18. The molecular formula is C16H21NOS. The van der Waals surface area contributed by atoms with Crippen LogP contribution in [0.4, 0.5) is 0 Å². The maximum absolute atomic E-state index is 6.31. The average Bonchev–Trinajstić information content (AvgIpc) is 3.07. The molecule has 2 heterocycles. The minimum atomic E-state index is 0.179. The van der Waals surface area contributed by atoms with Crippen molar-refractivity contribution in [1.82, 2.24) is 0 Å². The summed E-state index contributed by atoms with van der Waals surface area (Å²) in [7, 11) is 0. The van der Waals surface area contributed by atoms with E-state index in [9.17, 15) is 0 Å². The summed E-state index contributed by atoms with van der Waals surface area (Å²) in [6.45, 7) is 0.951. The van der Waals surface area contributed by atoms with Crippen molar-refractivity contribution in [1.29, 1.82) is 0 Å². The van der Waals surface area contributed by atoms with Gasteiger partial charge in [-0.05, 0) is 49.6 Å². The van der Waals surface area contributed by atoms with Gasteiger partial charge in [0.05, 0.1) is 6.10 Å². The molecule has 1 aromatic heterocycles. The number of ether oxygens (including phenoxy) is 1. The SMILES string of the molecule is NC(CCCC1CCCO1)c1cc2ccccc2s1. The summed E-state index contributed by atoms with van der Waals surface area (Å²) in [5, 5.41) is 1.32. The molecule has 3 heteroatoms. The van der Waals surface area contributed by atoms with Crippen LogP contribution in [0.1, 0.15) is 43.0 Å². The van der Waals surface area contributed by atoms with Gasteiger partial charge in [-0.1, -0.05) is 18.2 Å². The van der Waals surface area contributed by atoms with Crippen LogP contribution in [0.15, 0.2) is 30.3 Å². The van der Waals surface area contributed by atoms with E-state index in [1.54, 1.807) is 0 Å². The molecule has 1 aliphatic rings. The smallest absolute Gasteiger partial charge is 0.0576 e. The Labute approximate surface area is 118 Å². The van der Waals surface area contributed by atoms with Crippen molar-refractivity contribution in [2.75, 3.05) is 6.61 Å². The lowest BCUT2D eigenvalue weighted by Gasteiger charge is -2.12. The number of nitrogens with two attached hydrogens (primary N) is 1. The largest absolute Gasteiger partial charge is 0.378 e. The van der Waals surface area contributed by atoms with Gasteiger partial charge in [0, 0.05) is 22.2 Å². The summed E-state index contributed by atoms with van der Waals surface area (Å²) < 4.78 is 6.99. The monoisotopic (exact) mass is 275 g/mol. The van der Waals surface area contributed by atoms with Crippen molar-refractivity contribution >= 4 is 21.4 Å². The van der Waals surface area contributed by atoms with Crippen LogP contribution in [0.2, 0.25) is 0 Å². The van der Waals surface area contributed by atoms with Gasteiger partial charge in [-0.15, -0.1) is 11.3 Å². The van der Waals surface area contributed by atoms with Gasteiger partial charge < -0.3 is 10.5 Å². The maximum atomic E-state index is 6.31. The van der Waals surface area contributed by atoms with Crippen molar-refractivity contribution < 1.29 is 4.74 Å². The summed E-state index contributed by atoms with van der Waals surface area (Å²) in [6.07, 6.45) is 6.35. The van der Waals surface area contributed by atoms with Gasteiger partial charge >= 0.3 is 0 Å². The Balaban J connectivity index is 1.55. The number of benzene rings is 1. The lowest BCUT2D eigenvalue weighted by Crippen LogP contribution is -2.10. The highest BCUT2D eigenvalue weighted by molar-refractivity contribution is 7.19. The first-order chi connectivity index (χ1) is 9.33. The fraction of sp³-hybridized carbons (Fsp3) is 0.500. The maximum Gasteiger partial charge on any atom is 0.0576 e. The molecule has 2 aromatic rings. The summed E-state index contributed by atoms with van der Waals surface area (Å²) >= 11 is 1.83. The zero-order valence-electron chi connectivity index (χ0n) is 11.2. The van der Waals surface area contributed by atoms with Crippen LogP contribution in [0.3, 0.4) is 0 Å². The molecule has 19 heavy (non-hydrogen) atoms. The molecule has 102 valence electrons. The van der Waals surface area contributed by atoms with Crippen molar-refractivity contribution in [2.45, 2.75) is 44.2 Å². The molecule has 3 rings (SSSR count). The molecule has 0 spiro atoms. The molecule has 1 aromatic carbocycles. The van der Waals surface area contributed by atoms with Crippen molar-refractivity contribution in [3.8, 4) is 0 Å². The molecule has 2 nitrogen and oxygen atoms in total. The predicted molar refractivity (Wildman–Crippen MR) is 81.6 cm³/mol. The minimum absolute atomic E-state index is 0.179. The summed E-state index contributed by atoms with van der Waals surface area (Å²) in [5.74, 6) is 0. The fourth-order valence-corrected chi connectivity index (χ4v) is 3.87. The molecular weight excluding hydrogens is 254 g/mol. The average molecular weight is 275 g/mol. The predicted octanol–water partition coefficient (Wildman–Crippen LogP) is 4.25. The zero-order chi connectivity index (χ0) is 13.1. The Morgan fingerprint density at radius 1 is 1.37 bits per heavy atom. The topological polar surface area (TPSA) is 35.2 Å². The fourth-order valence-electron chi connectivity index (χ4n) is 2.76. The lowest BCUT2D eigenvalue weighted by molar-refractivity contribution is 0.101. The summed E-state index contributed by atoms with van der Waals surface area (Å²) in [4.78, 5) is 1.31. The second-order valence-electron chi connectivity index (χ2n) is 5.36. The molecule has 2 N–H and O–H groups in total. The first kappa shape index (κ1) is 13.1. The molecule has 0 amide bonds. The van der Waals surface area contributed by atoms with Gasteiger partial charge in [-0.25, -0.2) is 0 Å². The van der Waals surface area contributed by atoms with Gasteiger partial charge in [-0.2, -0.15) is 0 Å². The Kier molecular flexibility index (Phi) is 4.16. The van der Waals surface area contributed by atoms with Crippen molar-refractivity contribution in [2.24, 2.45) is 5.73 Å².